The highest BCUT2D eigenvalue weighted by molar-refractivity contribution is 5.90. The van der Waals surface area contributed by atoms with Crippen molar-refractivity contribution in [1.82, 2.24) is 0 Å². The van der Waals surface area contributed by atoms with Crippen LogP contribution in [0, 0.1) is 0 Å². The third kappa shape index (κ3) is 19.3. The van der Waals surface area contributed by atoms with E-state index in [0.717, 1.165) is 83.5 Å². The molecule has 0 saturated carbocycles. The zero-order valence-corrected chi connectivity index (χ0v) is 30.2. The van der Waals surface area contributed by atoms with Crippen molar-refractivity contribution in [3.8, 4) is 0 Å². The van der Waals surface area contributed by atoms with Gasteiger partial charge in [0.05, 0.1) is 30.5 Å². The van der Waals surface area contributed by atoms with Gasteiger partial charge in [-0.05, 0) is 57.9 Å². The van der Waals surface area contributed by atoms with E-state index in [2.05, 4.69) is 6.92 Å². The van der Waals surface area contributed by atoms with Gasteiger partial charge >= 0.3 is 11.9 Å². The lowest BCUT2D eigenvalue weighted by Crippen LogP contribution is -2.36. The third-order valence-corrected chi connectivity index (χ3v) is 9.92. The van der Waals surface area contributed by atoms with Gasteiger partial charge in [0.15, 0.2) is 0 Å². The van der Waals surface area contributed by atoms with E-state index in [-0.39, 0.29) is 36.4 Å². The van der Waals surface area contributed by atoms with Crippen molar-refractivity contribution in [3.63, 3.8) is 0 Å². The number of hydrogen-bond donors (Lipinski definition) is 3. The largest absolute Gasteiger partial charge is 0.460 e. The molecule has 2 aliphatic heterocycles. The Kier molecular flexibility index (Phi) is 22.6. The summed E-state index contributed by atoms with van der Waals surface area (Å²) < 4.78 is 16.9. The standard InChI is InChI=1S/C39H70O8/c1-4-5-6-7-8-9-10-14-17-20-23-35(43)36-26-27-37(47-36)38(46-31(3)40)29-34(42)22-19-16-13-11-12-15-18-21-33(41)25-24-32-28-30(2)45-39(32)44/h28,30,33-38,41-43H,4-27,29H2,1-3H3/t30-,33+,34-,35+,36-,37+,38+/m1/s1. The molecule has 7 atom stereocenters. The summed E-state index contributed by atoms with van der Waals surface area (Å²) in [5, 5.41) is 31.7. The molecule has 1 fully saturated rings. The quantitative estimate of drug-likeness (QED) is 0.0537. The fraction of sp³-hybridized carbons (Fsp3) is 0.897. The third-order valence-electron chi connectivity index (χ3n) is 9.92. The summed E-state index contributed by atoms with van der Waals surface area (Å²) in [6, 6.07) is 0. The first-order chi connectivity index (χ1) is 22.7. The smallest absolute Gasteiger partial charge is 0.334 e. The van der Waals surface area contributed by atoms with Crippen molar-refractivity contribution < 1.29 is 39.1 Å². The number of carbonyl (C=O) groups is 2. The Balaban J connectivity index is 1.50. The number of rotatable bonds is 29. The lowest BCUT2D eigenvalue weighted by Gasteiger charge is -2.27. The minimum absolute atomic E-state index is 0.153. The second-order valence-corrected chi connectivity index (χ2v) is 14.4. The van der Waals surface area contributed by atoms with E-state index in [0.29, 0.717) is 31.3 Å². The first kappa shape index (κ1) is 41.7. The molecule has 0 aromatic carbocycles. The summed E-state index contributed by atoms with van der Waals surface area (Å²) in [5.74, 6) is -0.610. The number of unbranched alkanes of at least 4 members (excludes halogenated alkanes) is 15. The molecule has 0 unspecified atom stereocenters. The van der Waals surface area contributed by atoms with Crippen molar-refractivity contribution >= 4 is 11.9 Å². The second kappa shape index (κ2) is 25.5. The van der Waals surface area contributed by atoms with E-state index in [1.165, 1.54) is 58.3 Å². The number of ether oxygens (including phenoxy) is 3. The lowest BCUT2D eigenvalue weighted by molar-refractivity contribution is -0.159. The molecule has 0 aromatic rings. The molecule has 0 bridgehead atoms. The van der Waals surface area contributed by atoms with Gasteiger partial charge in [0.1, 0.15) is 12.2 Å². The molecule has 1 saturated heterocycles. The molecule has 8 heteroatoms. The number of carbonyl (C=O) groups excluding carboxylic acids is 2. The molecule has 8 nitrogen and oxygen atoms in total. The van der Waals surface area contributed by atoms with Crippen molar-refractivity contribution in [2.24, 2.45) is 0 Å². The number of cyclic esters (lactones) is 1. The fourth-order valence-electron chi connectivity index (χ4n) is 7.07. The molecule has 0 spiro atoms. The summed E-state index contributed by atoms with van der Waals surface area (Å²) in [7, 11) is 0. The van der Waals surface area contributed by atoms with Crippen LogP contribution < -0.4 is 0 Å². The fourth-order valence-corrected chi connectivity index (χ4v) is 7.07. The maximum atomic E-state index is 11.8. The highest BCUT2D eigenvalue weighted by Gasteiger charge is 2.37. The van der Waals surface area contributed by atoms with Gasteiger partial charge in [0.25, 0.3) is 0 Å². The summed E-state index contributed by atoms with van der Waals surface area (Å²) in [6.07, 6.45) is 24.6. The number of esters is 2. The van der Waals surface area contributed by atoms with Crippen LogP contribution in [0.4, 0.5) is 0 Å². The number of aliphatic hydroxyl groups is 3. The molecule has 2 rings (SSSR count). The zero-order valence-electron chi connectivity index (χ0n) is 30.2. The summed E-state index contributed by atoms with van der Waals surface area (Å²) in [4.78, 5) is 23.5. The van der Waals surface area contributed by atoms with Gasteiger partial charge in [-0.3, -0.25) is 4.79 Å². The van der Waals surface area contributed by atoms with Crippen LogP contribution in [0.25, 0.3) is 0 Å². The van der Waals surface area contributed by atoms with Gasteiger partial charge in [-0.1, -0.05) is 116 Å². The highest BCUT2D eigenvalue weighted by Crippen LogP contribution is 2.30. The molecule has 3 N–H and O–H groups in total. The Morgan fingerprint density at radius 2 is 1.28 bits per heavy atom. The molecule has 0 amide bonds. The van der Waals surface area contributed by atoms with Crippen molar-refractivity contribution in [1.29, 1.82) is 0 Å². The molecular formula is C39H70O8. The van der Waals surface area contributed by atoms with Gasteiger partial charge in [-0.15, -0.1) is 0 Å². The zero-order chi connectivity index (χ0) is 34.3. The molecule has 0 radical (unpaired) electrons. The van der Waals surface area contributed by atoms with Crippen LogP contribution in [-0.2, 0) is 23.8 Å². The topological polar surface area (TPSA) is 123 Å². The maximum Gasteiger partial charge on any atom is 0.334 e. The number of aliphatic hydroxyl groups excluding tert-OH is 3. The van der Waals surface area contributed by atoms with Crippen LogP contribution in [0.15, 0.2) is 11.6 Å². The average Bonchev–Trinajstić information content (AvgIpc) is 3.65. The van der Waals surface area contributed by atoms with Crippen LogP contribution in [0.2, 0.25) is 0 Å². The van der Waals surface area contributed by atoms with Gasteiger partial charge in [0.2, 0.25) is 0 Å². The predicted octanol–water partition coefficient (Wildman–Crippen LogP) is 8.41. The van der Waals surface area contributed by atoms with Gasteiger partial charge in [-0.25, -0.2) is 4.79 Å². The highest BCUT2D eigenvalue weighted by atomic mass is 16.6. The second-order valence-electron chi connectivity index (χ2n) is 14.4. The molecular weight excluding hydrogens is 596 g/mol. The Labute approximate surface area is 286 Å². The van der Waals surface area contributed by atoms with E-state index in [1.807, 2.05) is 13.0 Å². The monoisotopic (exact) mass is 667 g/mol. The minimum atomic E-state index is -0.551. The first-order valence-corrected chi connectivity index (χ1v) is 19.5. The van der Waals surface area contributed by atoms with Crippen molar-refractivity contribution in [3.05, 3.63) is 11.6 Å². The van der Waals surface area contributed by atoms with Crippen LogP contribution >= 0.6 is 0 Å². The predicted molar refractivity (Wildman–Crippen MR) is 187 cm³/mol. The Hall–Kier alpha value is -1.48. The van der Waals surface area contributed by atoms with E-state index in [9.17, 15) is 24.9 Å². The molecule has 2 heterocycles. The van der Waals surface area contributed by atoms with Crippen LogP contribution in [0.3, 0.4) is 0 Å². The average molecular weight is 667 g/mol. The Morgan fingerprint density at radius 3 is 1.81 bits per heavy atom. The molecule has 2 aliphatic rings. The normalized spacial score (nSPS) is 22.1. The Bertz CT molecular complexity index is 860. The summed E-state index contributed by atoms with van der Waals surface area (Å²) in [5.41, 5.74) is 0.689. The maximum absolute atomic E-state index is 11.8. The number of hydrogen-bond acceptors (Lipinski definition) is 8. The van der Waals surface area contributed by atoms with E-state index in [4.69, 9.17) is 14.2 Å². The van der Waals surface area contributed by atoms with E-state index in [1.54, 1.807) is 0 Å². The summed E-state index contributed by atoms with van der Waals surface area (Å²) in [6.45, 7) is 5.50. The minimum Gasteiger partial charge on any atom is -0.460 e. The van der Waals surface area contributed by atoms with Crippen LogP contribution in [-0.4, -0.2) is 70.0 Å². The van der Waals surface area contributed by atoms with Gasteiger partial charge < -0.3 is 29.5 Å². The van der Waals surface area contributed by atoms with Gasteiger partial charge in [-0.2, -0.15) is 0 Å². The van der Waals surface area contributed by atoms with E-state index >= 15 is 0 Å². The van der Waals surface area contributed by atoms with Crippen molar-refractivity contribution in [2.45, 2.75) is 224 Å². The SMILES string of the molecule is CCCCCCCCCCCC[C@H](O)[C@H]1CC[C@@H]([C@H](C[C@H](O)CCCCCCCCC[C@H](O)CCC2=C[C@@H](C)OC2=O)OC(C)=O)O1. The molecule has 0 aliphatic carbocycles. The van der Waals surface area contributed by atoms with Crippen LogP contribution in [0.5, 0.6) is 0 Å². The van der Waals surface area contributed by atoms with Gasteiger partial charge in [0, 0.05) is 18.9 Å². The molecule has 274 valence electrons. The Morgan fingerprint density at radius 1 is 0.766 bits per heavy atom. The van der Waals surface area contributed by atoms with Crippen molar-refractivity contribution in [2.75, 3.05) is 0 Å². The first-order valence-electron chi connectivity index (χ1n) is 19.5. The van der Waals surface area contributed by atoms with Crippen LogP contribution in [0.1, 0.15) is 181 Å². The lowest BCUT2D eigenvalue weighted by atomic mass is 9.98. The van der Waals surface area contributed by atoms with E-state index < -0.39 is 18.3 Å². The molecule has 0 aromatic heterocycles. The summed E-state index contributed by atoms with van der Waals surface area (Å²) >= 11 is 0. The molecule has 47 heavy (non-hydrogen) atoms.